The first-order valence-electron chi connectivity index (χ1n) is 12.1. The predicted octanol–water partition coefficient (Wildman–Crippen LogP) is 3.99. The van der Waals surface area contributed by atoms with Gasteiger partial charge in [0, 0.05) is 38.9 Å². The van der Waals surface area contributed by atoms with E-state index in [0.717, 1.165) is 17.9 Å². The minimum atomic E-state index is -0.259. The van der Waals surface area contributed by atoms with Crippen LogP contribution in [-0.4, -0.2) is 116 Å². The average molecular weight is 689 g/mol. The fraction of sp³-hybridized carbons (Fsp3) is 0.864. The summed E-state index contributed by atoms with van der Waals surface area (Å²) < 4.78 is 15.3. The van der Waals surface area contributed by atoms with Gasteiger partial charge in [0.1, 0.15) is 18.5 Å². The molecule has 0 unspecified atom stereocenters. The third-order valence-electron chi connectivity index (χ3n) is 3.88. The normalized spacial score (nSPS) is 10.9. The molecule has 0 amide bonds. The fourth-order valence-electron chi connectivity index (χ4n) is 2.11. The van der Waals surface area contributed by atoms with E-state index in [2.05, 4.69) is 0 Å². The Balaban J connectivity index is 3.28. The van der Waals surface area contributed by atoms with Crippen molar-refractivity contribution in [1.82, 2.24) is 0 Å². The fourth-order valence-corrected chi connectivity index (χ4v) is 6.88. The molecule has 0 saturated carbocycles. The molecule has 0 saturated heterocycles. The van der Waals surface area contributed by atoms with Crippen molar-refractivity contribution in [3.05, 3.63) is 0 Å². The van der Waals surface area contributed by atoms with Gasteiger partial charge in [-0.1, -0.05) is 0 Å². The first kappa shape index (κ1) is 39.7. The number of carbonyl (C=O) groups is 3. The number of hydrogen-bond donors (Lipinski definition) is 2. The number of ether oxygens (including phenoxy) is 3. The third kappa shape index (κ3) is 33.1. The van der Waals surface area contributed by atoms with Crippen LogP contribution in [0.4, 0.5) is 0 Å². The lowest BCUT2D eigenvalue weighted by Gasteiger charge is -2.06. The Morgan fingerprint density at radius 2 is 0.949 bits per heavy atom. The average Bonchev–Trinajstić information content (AvgIpc) is 2.92. The zero-order valence-corrected chi connectivity index (χ0v) is 27.7. The molecule has 0 aliphatic rings. The van der Waals surface area contributed by atoms with E-state index in [1.165, 1.54) is 58.8 Å². The summed E-state index contributed by atoms with van der Waals surface area (Å²) in [5.41, 5.74) is 0. The Hall–Kier alpha value is 0.700. The number of hydrogen-bond acceptors (Lipinski definition) is 17. The van der Waals surface area contributed by atoms with Crippen molar-refractivity contribution in [2.45, 2.75) is 25.7 Å². The molecule has 17 heteroatoms. The molecular weight excluding hydrogens is 649 g/mol. The van der Waals surface area contributed by atoms with Crippen LogP contribution in [0.3, 0.4) is 0 Å². The number of thioether (sulfide) groups is 7. The molecule has 0 aliphatic carbocycles. The Morgan fingerprint density at radius 1 is 0.487 bits per heavy atom. The number of rotatable bonds is 30. The third-order valence-corrected chi connectivity index (χ3v) is 10.4. The summed E-state index contributed by atoms with van der Waals surface area (Å²) in [6.07, 6.45) is 1.82. The van der Waals surface area contributed by atoms with E-state index in [-0.39, 0.29) is 35.7 Å². The van der Waals surface area contributed by atoms with Crippen molar-refractivity contribution < 1.29 is 48.6 Å². The number of esters is 3. The molecule has 2 N–H and O–H groups in total. The summed E-state index contributed by atoms with van der Waals surface area (Å²) >= 11 is 10.4. The van der Waals surface area contributed by atoms with Crippen molar-refractivity contribution in [2.75, 3.05) is 88.3 Å². The maximum atomic E-state index is 11.7. The highest BCUT2D eigenvalue weighted by atomic mass is 32.2. The van der Waals surface area contributed by atoms with Crippen LogP contribution in [0.25, 0.3) is 0 Å². The summed E-state index contributed by atoms with van der Waals surface area (Å²) in [5, 5.41) is 18.7. The van der Waals surface area contributed by atoms with Gasteiger partial charge in [0.15, 0.2) is 0 Å². The molecule has 0 aromatic heterocycles. The minimum absolute atomic E-state index is 0.0587. The monoisotopic (exact) mass is 688 g/mol. The Morgan fingerprint density at radius 3 is 1.51 bits per heavy atom. The molecule has 0 aliphatic heterocycles. The summed E-state index contributed by atoms with van der Waals surface area (Å²) in [6.45, 7) is 1.29. The summed E-state index contributed by atoms with van der Waals surface area (Å²) in [5.74, 6) is 4.22. The number of aliphatic hydroxyl groups excluding tert-OH is 2. The molecule has 0 rings (SSSR count). The lowest BCUT2D eigenvalue weighted by molar-refractivity contribution is -0.289. The first-order valence-corrected chi connectivity index (χ1v) is 20.2. The largest absolute Gasteiger partial charge is 0.465 e. The van der Waals surface area contributed by atoms with Crippen LogP contribution in [0.2, 0.25) is 0 Å². The molecular formula is C22H40O10S7. The van der Waals surface area contributed by atoms with Crippen molar-refractivity contribution in [3.63, 3.8) is 0 Å². The summed E-state index contributed by atoms with van der Waals surface area (Å²) in [6, 6.07) is 0. The van der Waals surface area contributed by atoms with Crippen LogP contribution in [0.15, 0.2) is 0 Å². The molecule has 0 fully saturated rings. The van der Waals surface area contributed by atoms with E-state index < -0.39 is 0 Å². The summed E-state index contributed by atoms with van der Waals surface area (Å²) in [7, 11) is 0. The standard InChI is InChI=1S/C22H40O10S7/c23-14-36-18-38-16-29-21(26)3-9-33-8-1-5-31-32-7-13-35-12-6-28-20(25)2-10-34-11-4-22(27)30-17-39-19-37-15-24/h23-24H,1-19H2. The van der Waals surface area contributed by atoms with Crippen LogP contribution >= 0.6 is 82.3 Å². The molecule has 0 spiro atoms. The molecule has 0 atom stereocenters. The first-order chi connectivity index (χ1) is 19.1. The highest BCUT2D eigenvalue weighted by Gasteiger charge is 2.06. The zero-order chi connectivity index (χ0) is 28.7. The molecule has 0 bridgehead atoms. The molecule has 0 aromatic rings. The molecule has 0 heterocycles. The topological polar surface area (TPSA) is 138 Å². The lowest BCUT2D eigenvalue weighted by atomic mass is 10.5. The second kappa shape index (κ2) is 33.2. The predicted molar refractivity (Wildman–Crippen MR) is 169 cm³/mol. The number of carbonyl (C=O) groups excluding carboxylic acids is 3. The van der Waals surface area contributed by atoms with E-state index in [9.17, 15) is 14.4 Å². The van der Waals surface area contributed by atoms with Crippen molar-refractivity contribution in [3.8, 4) is 0 Å². The number of aliphatic hydroxyl groups is 2. The SMILES string of the molecule is O=C(CCSCCC(=O)OCSCSCO)OCCSCCOOCCCSCCC(=O)OCSCSCO. The van der Waals surface area contributed by atoms with Gasteiger partial charge in [-0.25, -0.2) is 9.78 Å². The van der Waals surface area contributed by atoms with Crippen molar-refractivity contribution in [2.24, 2.45) is 0 Å². The van der Waals surface area contributed by atoms with Gasteiger partial charge in [-0.3, -0.25) is 14.4 Å². The molecule has 39 heavy (non-hydrogen) atoms. The zero-order valence-electron chi connectivity index (χ0n) is 22.0. The molecule has 0 aromatic carbocycles. The van der Waals surface area contributed by atoms with Gasteiger partial charge in [0.2, 0.25) is 0 Å². The van der Waals surface area contributed by atoms with Crippen LogP contribution in [-0.2, 0) is 38.4 Å². The minimum Gasteiger partial charge on any atom is -0.465 e. The molecule has 0 radical (unpaired) electrons. The Kier molecular flexibility index (Phi) is 33.8. The van der Waals surface area contributed by atoms with E-state index in [1.807, 2.05) is 0 Å². The van der Waals surface area contributed by atoms with Crippen LogP contribution in [0.5, 0.6) is 0 Å². The van der Waals surface area contributed by atoms with Crippen molar-refractivity contribution in [1.29, 1.82) is 0 Å². The van der Waals surface area contributed by atoms with E-state index >= 15 is 0 Å². The second-order valence-corrected chi connectivity index (χ2v) is 15.1. The van der Waals surface area contributed by atoms with Crippen LogP contribution < -0.4 is 0 Å². The molecule has 10 nitrogen and oxygen atoms in total. The smallest absolute Gasteiger partial charge is 0.307 e. The van der Waals surface area contributed by atoms with Gasteiger partial charge in [-0.15, -0.1) is 47.0 Å². The van der Waals surface area contributed by atoms with Gasteiger partial charge < -0.3 is 24.4 Å². The maximum Gasteiger partial charge on any atom is 0.307 e. The highest BCUT2D eigenvalue weighted by Crippen LogP contribution is 2.13. The van der Waals surface area contributed by atoms with Gasteiger partial charge in [-0.2, -0.15) is 35.3 Å². The van der Waals surface area contributed by atoms with Gasteiger partial charge >= 0.3 is 17.9 Å². The van der Waals surface area contributed by atoms with Crippen LogP contribution in [0, 0.1) is 0 Å². The Bertz CT molecular complexity index is 593. The Labute approximate surface area is 261 Å². The van der Waals surface area contributed by atoms with Crippen molar-refractivity contribution >= 4 is 100 Å². The quantitative estimate of drug-likeness (QED) is 0.0281. The maximum absolute atomic E-state index is 11.7. The molecule has 230 valence electrons. The van der Waals surface area contributed by atoms with E-state index in [1.54, 1.807) is 23.5 Å². The van der Waals surface area contributed by atoms with E-state index in [4.69, 9.17) is 34.2 Å². The van der Waals surface area contributed by atoms with Gasteiger partial charge in [0.05, 0.1) is 44.4 Å². The lowest BCUT2D eigenvalue weighted by Crippen LogP contribution is -2.10. The van der Waals surface area contributed by atoms with Crippen LogP contribution in [0.1, 0.15) is 25.7 Å². The van der Waals surface area contributed by atoms with Gasteiger partial charge in [-0.05, 0) is 12.2 Å². The van der Waals surface area contributed by atoms with E-state index in [0.29, 0.717) is 78.2 Å². The summed E-state index contributed by atoms with van der Waals surface area (Å²) in [4.78, 5) is 45.1. The highest BCUT2D eigenvalue weighted by molar-refractivity contribution is 8.16. The van der Waals surface area contributed by atoms with Gasteiger partial charge in [0.25, 0.3) is 0 Å². The second-order valence-electron chi connectivity index (χ2n) is 6.88.